The van der Waals surface area contributed by atoms with Gasteiger partial charge in [0.15, 0.2) is 11.6 Å². The Bertz CT molecular complexity index is 578. The van der Waals surface area contributed by atoms with E-state index in [2.05, 4.69) is 14.9 Å². The summed E-state index contributed by atoms with van der Waals surface area (Å²) in [6.45, 7) is 6.46. The van der Waals surface area contributed by atoms with E-state index in [0.29, 0.717) is 5.82 Å². The minimum Gasteiger partial charge on any atom is -0.352 e. The van der Waals surface area contributed by atoms with Crippen LogP contribution in [0.3, 0.4) is 0 Å². The summed E-state index contributed by atoms with van der Waals surface area (Å²) in [4.78, 5) is 14.1. The summed E-state index contributed by atoms with van der Waals surface area (Å²) in [5.41, 5.74) is 3.01. The van der Waals surface area contributed by atoms with Gasteiger partial charge in [-0.1, -0.05) is 0 Å². The molecule has 1 saturated heterocycles. The van der Waals surface area contributed by atoms with Crippen molar-refractivity contribution in [1.82, 2.24) is 14.9 Å². The van der Waals surface area contributed by atoms with Crippen molar-refractivity contribution in [1.29, 1.82) is 0 Å². The summed E-state index contributed by atoms with van der Waals surface area (Å²) < 4.78 is 13.7. The fraction of sp³-hybridized carbons (Fsp3) is 0.429. The number of hydrogen-bond acceptors (Lipinski definition) is 5. The summed E-state index contributed by atoms with van der Waals surface area (Å²) in [5, 5.41) is 0. The van der Waals surface area contributed by atoms with Gasteiger partial charge in [-0.2, -0.15) is 0 Å². The average molecular weight is 292 g/mol. The highest BCUT2D eigenvalue weighted by Gasteiger charge is 2.20. The number of nitrogens with zero attached hydrogens (tertiary/aromatic N) is 4. The first-order chi connectivity index (χ1) is 9.74. The van der Waals surface area contributed by atoms with E-state index in [4.69, 9.17) is 0 Å². The van der Waals surface area contributed by atoms with Gasteiger partial charge < -0.3 is 4.90 Å². The molecule has 1 aliphatic rings. The Morgan fingerprint density at radius 2 is 2.05 bits per heavy atom. The van der Waals surface area contributed by atoms with Crippen molar-refractivity contribution in [3.8, 4) is 0 Å². The number of pyridine rings is 1. The number of hydrogen-bond donors (Lipinski definition) is 0. The molecule has 0 bridgehead atoms. The zero-order valence-electron chi connectivity index (χ0n) is 11.4. The summed E-state index contributed by atoms with van der Waals surface area (Å²) in [6, 6.07) is 3.09. The fourth-order valence-electron chi connectivity index (χ4n) is 2.41. The van der Waals surface area contributed by atoms with Crippen LogP contribution < -0.4 is 4.90 Å². The molecule has 0 atom stereocenters. The third kappa shape index (κ3) is 2.81. The highest BCUT2D eigenvalue weighted by atomic mass is 32.1. The molecular weight excluding hydrogens is 275 g/mol. The van der Waals surface area contributed by atoms with E-state index < -0.39 is 0 Å². The molecule has 2 aromatic rings. The van der Waals surface area contributed by atoms with Crippen molar-refractivity contribution in [2.75, 3.05) is 31.1 Å². The van der Waals surface area contributed by atoms with Crippen molar-refractivity contribution in [2.45, 2.75) is 13.5 Å². The lowest BCUT2D eigenvalue weighted by Crippen LogP contribution is -2.46. The molecule has 0 unspecified atom stereocenters. The van der Waals surface area contributed by atoms with Gasteiger partial charge >= 0.3 is 0 Å². The molecule has 6 heteroatoms. The van der Waals surface area contributed by atoms with E-state index in [1.807, 2.05) is 17.3 Å². The van der Waals surface area contributed by atoms with Crippen LogP contribution >= 0.6 is 11.3 Å². The Hall–Kier alpha value is -1.53. The van der Waals surface area contributed by atoms with Crippen molar-refractivity contribution in [3.05, 3.63) is 40.2 Å². The number of aromatic nitrogens is 2. The summed E-state index contributed by atoms with van der Waals surface area (Å²) in [7, 11) is 0. The molecule has 0 spiro atoms. The number of anilines is 1. The number of thiazole rings is 1. The Morgan fingerprint density at radius 3 is 2.70 bits per heavy atom. The van der Waals surface area contributed by atoms with E-state index in [9.17, 15) is 4.39 Å². The van der Waals surface area contributed by atoms with Crippen molar-refractivity contribution in [3.63, 3.8) is 0 Å². The van der Waals surface area contributed by atoms with Crippen LogP contribution in [0, 0.1) is 12.7 Å². The highest BCUT2D eigenvalue weighted by Crippen LogP contribution is 2.20. The van der Waals surface area contributed by atoms with Gasteiger partial charge in [0.05, 0.1) is 11.2 Å². The summed E-state index contributed by atoms with van der Waals surface area (Å²) in [6.07, 6.45) is 1.64. The van der Waals surface area contributed by atoms with Gasteiger partial charge in [-0.25, -0.2) is 14.4 Å². The molecule has 106 valence electrons. The average Bonchev–Trinajstić information content (AvgIpc) is 2.86. The van der Waals surface area contributed by atoms with Crippen LogP contribution in [0.5, 0.6) is 0 Å². The van der Waals surface area contributed by atoms with Gasteiger partial charge in [0.25, 0.3) is 0 Å². The molecule has 0 aromatic carbocycles. The highest BCUT2D eigenvalue weighted by molar-refractivity contribution is 7.09. The molecular formula is C14H17FN4S. The second-order valence-electron chi connectivity index (χ2n) is 4.93. The number of piperazine rings is 1. The molecule has 1 aliphatic heterocycles. The van der Waals surface area contributed by atoms with Gasteiger partial charge in [-0.15, -0.1) is 11.3 Å². The van der Waals surface area contributed by atoms with Crippen molar-refractivity contribution >= 4 is 17.2 Å². The normalized spacial score (nSPS) is 16.6. The number of rotatable bonds is 3. The SMILES string of the molecule is Cc1ncsc1CN1CCN(c2ncccc2F)CC1. The molecule has 4 nitrogen and oxygen atoms in total. The minimum absolute atomic E-state index is 0.237. The topological polar surface area (TPSA) is 32.3 Å². The first kappa shape index (κ1) is 13.5. The Balaban J connectivity index is 1.60. The molecule has 20 heavy (non-hydrogen) atoms. The minimum atomic E-state index is -0.237. The van der Waals surface area contributed by atoms with E-state index in [0.717, 1.165) is 38.4 Å². The predicted molar refractivity (Wildman–Crippen MR) is 78.5 cm³/mol. The lowest BCUT2D eigenvalue weighted by atomic mass is 10.2. The second-order valence-corrected chi connectivity index (χ2v) is 5.87. The zero-order chi connectivity index (χ0) is 13.9. The summed E-state index contributed by atoms with van der Waals surface area (Å²) >= 11 is 1.70. The predicted octanol–water partition coefficient (Wildman–Crippen LogP) is 2.31. The zero-order valence-corrected chi connectivity index (χ0v) is 12.2. The van der Waals surface area contributed by atoms with Gasteiger partial charge in [0.2, 0.25) is 0 Å². The van der Waals surface area contributed by atoms with Gasteiger partial charge in [-0.3, -0.25) is 4.90 Å². The molecule has 1 fully saturated rings. The monoisotopic (exact) mass is 292 g/mol. The van der Waals surface area contributed by atoms with Crippen LogP contribution in [0.15, 0.2) is 23.8 Å². The Kier molecular flexibility index (Phi) is 3.93. The largest absolute Gasteiger partial charge is 0.352 e. The lowest BCUT2D eigenvalue weighted by molar-refractivity contribution is 0.250. The maximum absolute atomic E-state index is 13.7. The standard InChI is InChI=1S/C14H17FN4S/c1-11-13(20-10-17-11)9-18-5-7-19(8-6-18)14-12(15)3-2-4-16-14/h2-4,10H,5-9H2,1H3. The molecule has 3 rings (SSSR count). The van der Waals surface area contributed by atoms with Crippen LogP contribution in [-0.4, -0.2) is 41.0 Å². The molecule has 0 aliphatic carbocycles. The molecule has 0 amide bonds. The molecule has 0 N–H and O–H groups in total. The van der Waals surface area contributed by atoms with Crippen molar-refractivity contribution < 1.29 is 4.39 Å². The molecule has 0 saturated carbocycles. The molecule has 3 heterocycles. The Morgan fingerprint density at radius 1 is 1.25 bits per heavy atom. The smallest absolute Gasteiger partial charge is 0.165 e. The third-order valence-electron chi connectivity index (χ3n) is 3.62. The fourth-order valence-corrected chi connectivity index (χ4v) is 3.23. The number of aryl methyl sites for hydroxylation is 1. The van der Waals surface area contributed by atoms with Crippen LogP contribution in [0.4, 0.5) is 10.2 Å². The maximum Gasteiger partial charge on any atom is 0.165 e. The van der Waals surface area contributed by atoms with Crippen LogP contribution in [0.25, 0.3) is 0 Å². The van der Waals surface area contributed by atoms with E-state index >= 15 is 0 Å². The van der Waals surface area contributed by atoms with Crippen LogP contribution in [-0.2, 0) is 6.54 Å². The van der Waals surface area contributed by atoms with Crippen molar-refractivity contribution in [2.24, 2.45) is 0 Å². The quantitative estimate of drug-likeness (QED) is 0.869. The van der Waals surface area contributed by atoms with Gasteiger partial charge in [0, 0.05) is 43.8 Å². The summed E-state index contributed by atoms with van der Waals surface area (Å²) in [5.74, 6) is 0.236. The lowest BCUT2D eigenvalue weighted by Gasteiger charge is -2.35. The van der Waals surface area contributed by atoms with E-state index in [1.54, 1.807) is 23.6 Å². The third-order valence-corrected chi connectivity index (χ3v) is 4.54. The first-order valence-corrected chi connectivity index (χ1v) is 7.59. The van der Waals surface area contributed by atoms with Crippen LogP contribution in [0.2, 0.25) is 0 Å². The van der Waals surface area contributed by atoms with Crippen LogP contribution in [0.1, 0.15) is 10.6 Å². The maximum atomic E-state index is 13.7. The van der Waals surface area contributed by atoms with Gasteiger partial charge in [0.1, 0.15) is 0 Å². The van der Waals surface area contributed by atoms with Gasteiger partial charge in [-0.05, 0) is 19.1 Å². The van der Waals surface area contributed by atoms with E-state index in [1.165, 1.54) is 10.9 Å². The second kappa shape index (κ2) is 5.85. The first-order valence-electron chi connectivity index (χ1n) is 6.71. The Labute approximate surface area is 121 Å². The van der Waals surface area contributed by atoms with E-state index in [-0.39, 0.29) is 5.82 Å². The molecule has 2 aromatic heterocycles. The molecule has 0 radical (unpaired) electrons. The number of halogens is 1.